The summed E-state index contributed by atoms with van der Waals surface area (Å²) >= 11 is 0. The van der Waals surface area contributed by atoms with Crippen LogP contribution in [0.25, 0.3) is 0 Å². The fourth-order valence-electron chi connectivity index (χ4n) is 3.76. The average Bonchev–Trinajstić information content (AvgIpc) is 2.65. The first-order valence-electron chi connectivity index (χ1n) is 8.96. The molecule has 4 heterocycles. The molecule has 2 aromatic heterocycles. The van der Waals surface area contributed by atoms with Gasteiger partial charge in [-0.15, -0.1) is 0 Å². The smallest absolute Gasteiger partial charge is 0.225 e. The first kappa shape index (κ1) is 16.4. The van der Waals surface area contributed by atoms with E-state index in [9.17, 15) is 0 Å². The minimum atomic E-state index is -0.00673. The zero-order valence-corrected chi connectivity index (χ0v) is 14.4. The van der Waals surface area contributed by atoms with E-state index in [1.807, 2.05) is 18.2 Å². The van der Waals surface area contributed by atoms with Crippen molar-refractivity contribution < 1.29 is 9.47 Å². The van der Waals surface area contributed by atoms with E-state index in [1.54, 1.807) is 24.8 Å². The van der Waals surface area contributed by atoms with Gasteiger partial charge in [0.15, 0.2) is 0 Å². The highest BCUT2D eigenvalue weighted by Crippen LogP contribution is 2.39. The van der Waals surface area contributed by atoms with Crippen molar-refractivity contribution in [2.75, 3.05) is 31.2 Å². The Morgan fingerprint density at radius 2 is 1.96 bits per heavy atom. The quantitative estimate of drug-likeness (QED) is 0.753. The Balaban J connectivity index is 1.21. The predicted molar refractivity (Wildman–Crippen MR) is 94.2 cm³/mol. The van der Waals surface area contributed by atoms with Crippen molar-refractivity contribution in [2.24, 2.45) is 5.92 Å². The molecule has 0 unspecified atom stereocenters. The number of hydrogen-bond donors (Lipinski definition) is 0. The lowest BCUT2D eigenvalue weighted by Crippen LogP contribution is -2.65. The van der Waals surface area contributed by atoms with E-state index in [-0.39, 0.29) is 5.60 Å². The highest BCUT2D eigenvalue weighted by molar-refractivity contribution is 5.37. The zero-order chi connectivity index (χ0) is 17.0. The minimum Gasteiger partial charge on any atom is -0.377 e. The normalized spacial score (nSPS) is 21.9. The summed E-state index contributed by atoms with van der Waals surface area (Å²) in [4.78, 5) is 14.9. The lowest BCUT2D eigenvalue weighted by atomic mass is 9.79. The van der Waals surface area contributed by atoms with Gasteiger partial charge in [-0.05, 0) is 48.9 Å². The number of hydrogen-bond acceptors (Lipinski definition) is 6. The molecular formula is C19H24N4O2. The number of rotatable bonds is 6. The molecule has 1 spiro atoms. The highest BCUT2D eigenvalue weighted by Gasteiger charge is 2.48. The van der Waals surface area contributed by atoms with Crippen molar-refractivity contribution in [1.82, 2.24) is 15.0 Å². The summed E-state index contributed by atoms with van der Waals surface area (Å²) < 4.78 is 11.9. The van der Waals surface area contributed by atoms with Gasteiger partial charge < -0.3 is 14.4 Å². The molecule has 25 heavy (non-hydrogen) atoms. The summed E-state index contributed by atoms with van der Waals surface area (Å²) in [6.45, 7) is 4.10. The molecule has 0 aliphatic carbocycles. The second-order valence-electron chi connectivity index (χ2n) is 6.99. The van der Waals surface area contributed by atoms with Gasteiger partial charge in [-0.1, -0.05) is 0 Å². The van der Waals surface area contributed by atoms with Crippen LogP contribution in [0.3, 0.4) is 0 Å². The Kier molecular flexibility index (Phi) is 4.90. The van der Waals surface area contributed by atoms with Gasteiger partial charge in [-0.2, -0.15) is 0 Å². The molecule has 2 fully saturated rings. The van der Waals surface area contributed by atoms with Crippen LogP contribution in [0, 0.1) is 5.92 Å². The van der Waals surface area contributed by atoms with E-state index >= 15 is 0 Å². The average molecular weight is 340 g/mol. The summed E-state index contributed by atoms with van der Waals surface area (Å²) in [5.74, 6) is 1.48. The lowest BCUT2D eigenvalue weighted by Gasteiger charge is -2.53. The Hall–Kier alpha value is -2.05. The fraction of sp³-hybridized carbons (Fsp3) is 0.526. The van der Waals surface area contributed by atoms with Gasteiger partial charge in [-0.25, -0.2) is 9.97 Å². The fourth-order valence-corrected chi connectivity index (χ4v) is 3.76. The van der Waals surface area contributed by atoms with Gasteiger partial charge in [0.05, 0.1) is 19.7 Å². The molecule has 1 atom stereocenters. The van der Waals surface area contributed by atoms with Crippen molar-refractivity contribution in [3.8, 4) is 0 Å². The van der Waals surface area contributed by atoms with E-state index in [0.717, 1.165) is 51.5 Å². The first-order valence-corrected chi connectivity index (χ1v) is 8.96. The standard InChI is InChI=1S/C19H24N4O2/c1-6-21-18(22-7-1)23-14-19(15-23)12-16(5-11-25-19)4-10-24-13-17-2-8-20-9-3-17/h1-3,6-9,16H,4-5,10-15H2/t16-/m1/s1. The van der Waals surface area contributed by atoms with Crippen LogP contribution in [0.5, 0.6) is 0 Å². The Morgan fingerprint density at radius 3 is 2.76 bits per heavy atom. The van der Waals surface area contributed by atoms with E-state index in [2.05, 4.69) is 19.9 Å². The molecular weight excluding hydrogens is 316 g/mol. The molecule has 0 bridgehead atoms. The first-order chi connectivity index (χ1) is 12.3. The lowest BCUT2D eigenvalue weighted by molar-refractivity contribution is -0.116. The largest absolute Gasteiger partial charge is 0.377 e. The van der Waals surface area contributed by atoms with Crippen LogP contribution >= 0.6 is 0 Å². The minimum absolute atomic E-state index is 0.00673. The van der Waals surface area contributed by atoms with Crippen molar-refractivity contribution in [3.05, 3.63) is 48.5 Å². The SMILES string of the molecule is c1cnc(N2CC3(C[C@H](CCOCc4ccncc4)CCO3)C2)nc1. The van der Waals surface area contributed by atoms with Crippen LogP contribution in [0.2, 0.25) is 0 Å². The summed E-state index contributed by atoms with van der Waals surface area (Å²) in [5, 5.41) is 0. The molecule has 4 rings (SSSR count). The van der Waals surface area contributed by atoms with Gasteiger partial charge in [-0.3, -0.25) is 4.98 Å². The summed E-state index contributed by atoms with van der Waals surface area (Å²) in [5.41, 5.74) is 1.17. The van der Waals surface area contributed by atoms with Gasteiger partial charge in [0.2, 0.25) is 5.95 Å². The van der Waals surface area contributed by atoms with E-state index < -0.39 is 0 Å². The van der Waals surface area contributed by atoms with Crippen LogP contribution in [-0.2, 0) is 16.1 Å². The molecule has 0 aromatic carbocycles. The summed E-state index contributed by atoms with van der Waals surface area (Å²) in [7, 11) is 0. The molecule has 6 heteroatoms. The third-order valence-electron chi connectivity index (χ3n) is 5.08. The summed E-state index contributed by atoms with van der Waals surface area (Å²) in [6.07, 6.45) is 10.5. The monoisotopic (exact) mass is 340 g/mol. The Labute approximate surface area is 148 Å². The van der Waals surface area contributed by atoms with Crippen LogP contribution in [-0.4, -0.2) is 46.9 Å². The van der Waals surface area contributed by atoms with E-state index in [4.69, 9.17) is 9.47 Å². The molecule has 132 valence electrons. The van der Waals surface area contributed by atoms with Gasteiger partial charge >= 0.3 is 0 Å². The zero-order valence-electron chi connectivity index (χ0n) is 14.4. The van der Waals surface area contributed by atoms with Crippen molar-refractivity contribution in [3.63, 3.8) is 0 Å². The summed E-state index contributed by atoms with van der Waals surface area (Å²) in [6, 6.07) is 5.84. The third kappa shape index (κ3) is 3.96. The van der Waals surface area contributed by atoms with Gasteiger partial charge in [0.25, 0.3) is 0 Å². The maximum atomic E-state index is 6.11. The maximum Gasteiger partial charge on any atom is 0.225 e. The second-order valence-corrected chi connectivity index (χ2v) is 6.99. The van der Waals surface area contributed by atoms with E-state index in [0.29, 0.717) is 12.5 Å². The van der Waals surface area contributed by atoms with Crippen LogP contribution in [0.4, 0.5) is 5.95 Å². The van der Waals surface area contributed by atoms with Crippen LogP contribution < -0.4 is 4.90 Å². The number of pyridine rings is 1. The molecule has 2 aliphatic rings. The van der Waals surface area contributed by atoms with Crippen molar-refractivity contribution >= 4 is 5.95 Å². The second kappa shape index (κ2) is 7.45. The van der Waals surface area contributed by atoms with Crippen molar-refractivity contribution in [1.29, 1.82) is 0 Å². The molecule has 2 aromatic rings. The molecule has 0 saturated carbocycles. The molecule has 6 nitrogen and oxygen atoms in total. The Morgan fingerprint density at radius 1 is 1.16 bits per heavy atom. The molecule has 2 saturated heterocycles. The maximum absolute atomic E-state index is 6.11. The third-order valence-corrected chi connectivity index (χ3v) is 5.08. The van der Waals surface area contributed by atoms with Crippen molar-refractivity contribution in [2.45, 2.75) is 31.5 Å². The number of nitrogens with zero attached hydrogens (tertiary/aromatic N) is 4. The number of anilines is 1. The Bertz CT molecular complexity index is 662. The predicted octanol–water partition coefficient (Wildman–Crippen LogP) is 2.46. The molecule has 0 amide bonds. The molecule has 0 radical (unpaired) electrons. The van der Waals surface area contributed by atoms with E-state index in [1.165, 1.54) is 5.56 Å². The van der Waals surface area contributed by atoms with Crippen LogP contribution in [0.15, 0.2) is 43.0 Å². The molecule has 2 aliphatic heterocycles. The highest BCUT2D eigenvalue weighted by atomic mass is 16.5. The number of aromatic nitrogens is 3. The van der Waals surface area contributed by atoms with Gasteiger partial charge in [0.1, 0.15) is 5.60 Å². The van der Waals surface area contributed by atoms with Gasteiger partial charge in [0, 0.05) is 38.0 Å². The van der Waals surface area contributed by atoms with Crippen LogP contribution in [0.1, 0.15) is 24.8 Å². The number of ether oxygens (including phenoxy) is 2. The topological polar surface area (TPSA) is 60.4 Å². The molecule has 0 N–H and O–H groups in total.